The van der Waals surface area contributed by atoms with Gasteiger partial charge in [0.2, 0.25) is 0 Å². The Morgan fingerprint density at radius 1 is 0.871 bits per heavy atom. The zero-order chi connectivity index (χ0) is 21.2. The lowest BCUT2D eigenvalue weighted by atomic mass is 9.89. The SMILES string of the molecule is O=C(c1cccnc1)N1CCC(c2nc3ccccc3cc2C(=O)N2CCCC2)CC1. The lowest BCUT2D eigenvalue weighted by Crippen LogP contribution is -2.38. The summed E-state index contributed by atoms with van der Waals surface area (Å²) in [5.41, 5.74) is 3.17. The quantitative estimate of drug-likeness (QED) is 0.652. The first-order chi connectivity index (χ1) is 15.2. The summed E-state index contributed by atoms with van der Waals surface area (Å²) in [5.74, 6) is 0.287. The molecule has 0 radical (unpaired) electrons. The number of amides is 2. The predicted molar refractivity (Wildman–Crippen MR) is 119 cm³/mol. The second kappa shape index (κ2) is 8.46. The van der Waals surface area contributed by atoms with E-state index in [1.54, 1.807) is 24.5 Å². The minimum absolute atomic E-state index is 0.0198. The van der Waals surface area contributed by atoms with E-state index in [9.17, 15) is 9.59 Å². The highest BCUT2D eigenvalue weighted by Crippen LogP contribution is 2.32. The molecule has 2 aliphatic heterocycles. The Bertz CT molecular complexity index is 1100. The van der Waals surface area contributed by atoms with Gasteiger partial charge in [-0.05, 0) is 49.9 Å². The molecule has 0 bridgehead atoms. The van der Waals surface area contributed by atoms with Crippen molar-refractivity contribution in [2.45, 2.75) is 31.6 Å². The number of para-hydroxylation sites is 1. The molecule has 2 fully saturated rings. The van der Waals surface area contributed by atoms with Gasteiger partial charge in [-0.1, -0.05) is 18.2 Å². The van der Waals surface area contributed by atoms with Crippen LogP contribution in [0, 0.1) is 0 Å². The van der Waals surface area contributed by atoms with Gasteiger partial charge in [0.05, 0.1) is 22.3 Å². The van der Waals surface area contributed by atoms with Crippen LogP contribution in [0.4, 0.5) is 0 Å². The Hall–Kier alpha value is -3.28. The number of aromatic nitrogens is 2. The molecule has 2 saturated heterocycles. The van der Waals surface area contributed by atoms with Crippen LogP contribution >= 0.6 is 0 Å². The van der Waals surface area contributed by atoms with Crippen LogP contribution in [0.1, 0.15) is 58.0 Å². The summed E-state index contributed by atoms with van der Waals surface area (Å²) in [5, 5.41) is 0.998. The fraction of sp³-hybridized carbons (Fsp3) is 0.360. The third kappa shape index (κ3) is 3.90. The lowest BCUT2D eigenvalue weighted by molar-refractivity contribution is 0.0707. The number of benzene rings is 1. The first kappa shape index (κ1) is 19.7. The van der Waals surface area contributed by atoms with E-state index in [1.165, 1.54) is 0 Å². The Kier molecular flexibility index (Phi) is 5.37. The number of fused-ring (bicyclic) bond motifs is 1. The van der Waals surface area contributed by atoms with Gasteiger partial charge in [-0.25, -0.2) is 0 Å². The van der Waals surface area contributed by atoms with Crippen molar-refractivity contribution in [3.8, 4) is 0 Å². The van der Waals surface area contributed by atoms with E-state index >= 15 is 0 Å². The zero-order valence-electron chi connectivity index (χ0n) is 17.5. The molecule has 0 spiro atoms. The number of nitrogens with zero attached hydrogens (tertiary/aromatic N) is 4. The fourth-order valence-electron chi connectivity index (χ4n) is 4.73. The number of hydrogen-bond donors (Lipinski definition) is 0. The average Bonchev–Trinajstić information content (AvgIpc) is 3.38. The summed E-state index contributed by atoms with van der Waals surface area (Å²) < 4.78 is 0. The maximum atomic E-state index is 13.3. The molecule has 1 aromatic carbocycles. The summed E-state index contributed by atoms with van der Waals surface area (Å²) >= 11 is 0. The Labute approximate surface area is 181 Å². The Morgan fingerprint density at radius 3 is 2.35 bits per heavy atom. The standard InChI is InChI=1S/C25H26N4O2/c30-24(20-7-5-11-26-17-20)29-14-9-18(10-15-29)23-21(25(31)28-12-3-4-13-28)16-19-6-1-2-8-22(19)27-23/h1-2,5-8,11,16-18H,3-4,9-10,12-15H2. The largest absolute Gasteiger partial charge is 0.339 e. The van der Waals surface area contributed by atoms with Crippen molar-refractivity contribution in [1.29, 1.82) is 0 Å². The predicted octanol–water partition coefficient (Wildman–Crippen LogP) is 3.89. The highest BCUT2D eigenvalue weighted by atomic mass is 16.2. The number of hydrogen-bond acceptors (Lipinski definition) is 4. The summed E-state index contributed by atoms with van der Waals surface area (Å²) in [6.07, 6.45) is 7.03. The van der Waals surface area contributed by atoms with Crippen LogP contribution in [-0.4, -0.2) is 57.8 Å². The van der Waals surface area contributed by atoms with E-state index in [2.05, 4.69) is 4.98 Å². The molecular formula is C25H26N4O2. The van der Waals surface area contributed by atoms with E-state index < -0.39 is 0 Å². The number of rotatable bonds is 3. The van der Waals surface area contributed by atoms with Gasteiger partial charge in [0, 0.05) is 49.9 Å². The molecule has 5 rings (SSSR count). The van der Waals surface area contributed by atoms with Crippen molar-refractivity contribution in [3.05, 3.63) is 71.7 Å². The molecule has 2 amide bonds. The molecular weight excluding hydrogens is 388 g/mol. The third-order valence-corrected chi connectivity index (χ3v) is 6.45. The Morgan fingerprint density at radius 2 is 1.61 bits per heavy atom. The van der Waals surface area contributed by atoms with Crippen LogP contribution in [0.5, 0.6) is 0 Å². The number of carbonyl (C=O) groups is 2. The van der Waals surface area contributed by atoms with Gasteiger partial charge in [0.15, 0.2) is 0 Å². The molecule has 0 atom stereocenters. The number of piperidine rings is 1. The number of pyridine rings is 2. The van der Waals surface area contributed by atoms with Crippen LogP contribution in [-0.2, 0) is 0 Å². The molecule has 158 valence electrons. The second-order valence-corrected chi connectivity index (χ2v) is 8.42. The summed E-state index contributed by atoms with van der Waals surface area (Å²) in [6.45, 7) is 2.96. The summed E-state index contributed by atoms with van der Waals surface area (Å²) in [6, 6.07) is 13.6. The van der Waals surface area contributed by atoms with Gasteiger partial charge in [-0.15, -0.1) is 0 Å². The van der Waals surface area contributed by atoms with E-state index in [0.717, 1.165) is 60.9 Å². The van der Waals surface area contributed by atoms with Crippen LogP contribution < -0.4 is 0 Å². The van der Waals surface area contributed by atoms with E-state index in [0.29, 0.717) is 18.7 Å². The molecule has 4 heterocycles. The van der Waals surface area contributed by atoms with Crippen molar-refractivity contribution < 1.29 is 9.59 Å². The monoisotopic (exact) mass is 414 g/mol. The maximum absolute atomic E-state index is 13.3. The molecule has 0 N–H and O–H groups in total. The molecule has 0 aliphatic carbocycles. The molecule has 31 heavy (non-hydrogen) atoms. The molecule has 2 aliphatic rings. The van der Waals surface area contributed by atoms with Crippen LogP contribution in [0.25, 0.3) is 10.9 Å². The average molecular weight is 415 g/mol. The summed E-state index contributed by atoms with van der Waals surface area (Å²) in [7, 11) is 0. The smallest absolute Gasteiger partial charge is 0.255 e. The second-order valence-electron chi connectivity index (χ2n) is 8.42. The van der Waals surface area contributed by atoms with Crippen molar-refractivity contribution in [3.63, 3.8) is 0 Å². The third-order valence-electron chi connectivity index (χ3n) is 6.45. The van der Waals surface area contributed by atoms with E-state index in [1.807, 2.05) is 40.1 Å². The van der Waals surface area contributed by atoms with Crippen molar-refractivity contribution in [2.75, 3.05) is 26.2 Å². The normalized spacial score (nSPS) is 17.3. The number of carbonyl (C=O) groups excluding carboxylic acids is 2. The van der Waals surface area contributed by atoms with Gasteiger partial charge in [-0.2, -0.15) is 0 Å². The van der Waals surface area contributed by atoms with Crippen LogP contribution in [0.2, 0.25) is 0 Å². The van der Waals surface area contributed by atoms with Crippen molar-refractivity contribution in [1.82, 2.24) is 19.8 Å². The highest BCUT2D eigenvalue weighted by Gasteiger charge is 2.30. The fourth-order valence-corrected chi connectivity index (χ4v) is 4.73. The van der Waals surface area contributed by atoms with Crippen LogP contribution in [0.15, 0.2) is 54.9 Å². The molecule has 2 aromatic heterocycles. The van der Waals surface area contributed by atoms with Gasteiger partial charge in [0.1, 0.15) is 0 Å². The van der Waals surface area contributed by atoms with Crippen molar-refractivity contribution >= 4 is 22.7 Å². The van der Waals surface area contributed by atoms with Gasteiger partial charge < -0.3 is 9.80 Å². The van der Waals surface area contributed by atoms with Gasteiger partial charge in [-0.3, -0.25) is 19.6 Å². The minimum Gasteiger partial charge on any atom is -0.339 e. The zero-order valence-corrected chi connectivity index (χ0v) is 17.5. The van der Waals surface area contributed by atoms with Gasteiger partial charge >= 0.3 is 0 Å². The molecule has 0 unspecified atom stereocenters. The first-order valence-electron chi connectivity index (χ1n) is 11.1. The maximum Gasteiger partial charge on any atom is 0.255 e. The minimum atomic E-state index is 0.0198. The first-order valence-corrected chi connectivity index (χ1v) is 11.1. The van der Waals surface area contributed by atoms with Crippen molar-refractivity contribution in [2.24, 2.45) is 0 Å². The topological polar surface area (TPSA) is 66.4 Å². The highest BCUT2D eigenvalue weighted by molar-refractivity contribution is 5.99. The molecule has 6 heteroatoms. The van der Waals surface area contributed by atoms with Gasteiger partial charge in [0.25, 0.3) is 11.8 Å². The molecule has 0 saturated carbocycles. The number of likely N-dealkylation sites (tertiary alicyclic amines) is 2. The van der Waals surface area contributed by atoms with Crippen LogP contribution in [0.3, 0.4) is 0 Å². The van der Waals surface area contributed by atoms with E-state index in [4.69, 9.17) is 4.98 Å². The van der Waals surface area contributed by atoms with E-state index in [-0.39, 0.29) is 17.7 Å². The lowest BCUT2D eigenvalue weighted by Gasteiger charge is -2.32. The molecule has 6 nitrogen and oxygen atoms in total. The Balaban J connectivity index is 1.41. The summed E-state index contributed by atoms with van der Waals surface area (Å²) in [4.78, 5) is 39.0. The molecule has 3 aromatic rings.